The molecule has 0 aliphatic rings. The molecule has 1 aromatic rings. The van der Waals surface area contributed by atoms with E-state index in [-0.39, 0.29) is 5.57 Å². The molecule has 0 unspecified atom stereocenters. The lowest BCUT2D eigenvalue weighted by Crippen LogP contribution is -2.22. The standard InChI is InChI=1S/C11H10O3/c1-8(11(13)14)6-9-2-4-10(7-12)5-3-9/h2-7H,1H3,(H,13,14)/p-1/b8-6+. The van der Waals surface area contributed by atoms with Crippen LogP contribution in [0, 0.1) is 0 Å². The molecule has 0 heterocycles. The number of hydrogen-bond acceptors (Lipinski definition) is 3. The Bertz CT molecular complexity index is 374. The lowest BCUT2D eigenvalue weighted by atomic mass is 10.1. The number of hydrogen-bond donors (Lipinski definition) is 0. The van der Waals surface area contributed by atoms with Crippen molar-refractivity contribution in [1.82, 2.24) is 0 Å². The van der Waals surface area contributed by atoms with Gasteiger partial charge in [-0.05, 0) is 18.1 Å². The Hall–Kier alpha value is -1.90. The van der Waals surface area contributed by atoms with Gasteiger partial charge in [0.2, 0.25) is 0 Å². The van der Waals surface area contributed by atoms with Crippen LogP contribution < -0.4 is 5.11 Å². The number of carboxylic acids is 1. The van der Waals surface area contributed by atoms with Crippen molar-refractivity contribution in [3.63, 3.8) is 0 Å². The van der Waals surface area contributed by atoms with E-state index in [1.165, 1.54) is 13.0 Å². The summed E-state index contributed by atoms with van der Waals surface area (Å²) in [7, 11) is 0. The van der Waals surface area contributed by atoms with Crippen LogP contribution in [0.15, 0.2) is 29.8 Å². The summed E-state index contributed by atoms with van der Waals surface area (Å²) in [5.74, 6) is -1.19. The first-order chi connectivity index (χ1) is 6.63. The zero-order valence-corrected chi connectivity index (χ0v) is 7.69. The molecule has 1 rings (SSSR count). The highest BCUT2D eigenvalue weighted by atomic mass is 16.4. The smallest absolute Gasteiger partial charge is 0.150 e. The Morgan fingerprint density at radius 3 is 2.14 bits per heavy atom. The second kappa shape index (κ2) is 4.37. The van der Waals surface area contributed by atoms with Crippen molar-refractivity contribution < 1.29 is 14.7 Å². The molecule has 3 nitrogen and oxygen atoms in total. The van der Waals surface area contributed by atoms with Crippen LogP contribution in [-0.4, -0.2) is 12.3 Å². The number of carbonyl (C=O) groups is 2. The Balaban J connectivity index is 2.93. The Kier molecular flexibility index (Phi) is 3.18. The van der Waals surface area contributed by atoms with E-state index in [0.717, 1.165) is 11.8 Å². The second-order valence-electron chi connectivity index (χ2n) is 2.90. The van der Waals surface area contributed by atoms with Crippen molar-refractivity contribution in [3.05, 3.63) is 41.0 Å². The maximum atomic E-state index is 10.4. The minimum absolute atomic E-state index is 0.156. The summed E-state index contributed by atoms with van der Waals surface area (Å²) in [6, 6.07) is 6.61. The van der Waals surface area contributed by atoms with Crippen molar-refractivity contribution in [1.29, 1.82) is 0 Å². The van der Waals surface area contributed by atoms with Gasteiger partial charge in [0.05, 0.1) is 5.97 Å². The van der Waals surface area contributed by atoms with Gasteiger partial charge in [0.1, 0.15) is 6.29 Å². The van der Waals surface area contributed by atoms with Gasteiger partial charge in [0.15, 0.2) is 0 Å². The van der Waals surface area contributed by atoms with E-state index < -0.39 is 5.97 Å². The highest BCUT2D eigenvalue weighted by molar-refractivity contribution is 5.90. The van der Waals surface area contributed by atoms with Crippen molar-refractivity contribution in [2.75, 3.05) is 0 Å². The van der Waals surface area contributed by atoms with E-state index in [1.807, 2.05) is 0 Å². The molecule has 14 heavy (non-hydrogen) atoms. The molecular formula is C11H9O3-. The van der Waals surface area contributed by atoms with Crippen LogP contribution >= 0.6 is 0 Å². The second-order valence-corrected chi connectivity index (χ2v) is 2.90. The van der Waals surface area contributed by atoms with Crippen LogP contribution in [0.4, 0.5) is 0 Å². The summed E-state index contributed by atoms with van der Waals surface area (Å²) in [4.78, 5) is 20.7. The lowest BCUT2D eigenvalue weighted by Gasteiger charge is -2.01. The van der Waals surface area contributed by atoms with E-state index in [9.17, 15) is 14.7 Å². The quantitative estimate of drug-likeness (QED) is 0.518. The molecule has 0 spiro atoms. The van der Waals surface area contributed by atoms with Crippen molar-refractivity contribution in [2.45, 2.75) is 6.92 Å². The van der Waals surface area contributed by atoms with Crippen LogP contribution in [0.1, 0.15) is 22.8 Å². The largest absolute Gasteiger partial charge is 0.545 e. The first-order valence-electron chi connectivity index (χ1n) is 4.08. The van der Waals surface area contributed by atoms with Gasteiger partial charge >= 0.3 is 0 Å². The van der Waals surface area contributed by atoms with Gasteiger partial charge in [-0.3, -0.25) is 4.79 Å². The molecule has 0 amide bonds. The van der Waals surface area contributed by atoms with Crippen LogP contribution in [0.25, 0.3) is 6.08 Å². The zero-order valence-electron chi connectivity index (χ0n) is 7.69. The molecule has 0 aromatic heterocycles. The van der Waals surface area contributed by atoms with Crippen LogP contribution in [0.2, 0.25) is 0 Å². The third kappa shape index (κ3) is 2.55. The summed E-state index contributed by atoms with van der Waals surface area (Å²) in [6.07, 6.45) is 2.23. The number of benzene rings is 1. The Labute approximate surface area is 81.7 Å². The molecule has 0 saturated carbocycles. The number of carboxylic acid groups (broad SMARTS) is 1. The highest BCUT2D eigenvalue weighted by Gasteiger charge is 1.92. The number of aliphatic carboxylic acids is 1. The van der Waals surface area contributed by atoms with Gasteiger partial charge in [-0.1, -0.05) is 30.3 Å². The van der Waals surface area contributed by atoms with Crippen molar-refractivity contribution in [2.24, 2.45) is 0 Å². The normalized spacial score (nSPS) is 11.1. The molecular weight excluding hydrogens is 180 g/mol. The molecule has 72 valence electrons. The predicted molar refractivity (Wildman–Crippen MR) is 50.5 cm³/mol. The predicted octanol–water partition coefficient (Wildman–Crippen LogP) is 0.652. The van der Waals surface area contributed by atoms with Crippen molar-refractivity contribution >= 4 is 18.3 Å². The van der Waals surface area contributed by atoms with Gasteiger partial charge in [0, 0.05) is 5.56 Å². The van der Waals surface area contributed by atoms with Crippen LogP contribution in [0.3, 0.4) is 0 Å². The van der Waals surface area contributed by atoms with Gasteiger partial charge in [-0.25, -0.2) is 0 Å². The molecule has 1 aromatic carbocycles. The van der Waals surface area contributed by atoms with E-state index in [2.05, 4.69) is 0 Å². The summed E-state index contributed by atoms with van der Waals surface area (Å²) < 4.78 is 0. The van der Waals surface area contributed by atoms with Crippen molar-refractivity contribution in [3.8, 4) is 0 Å². The molecule has 0 fully saturated rings. The number of carbonyl (C=O) groups excluding carboxylic acids is 2. The fourth-order valence-electron chi connectivity index (χ4n) is 0.980. The first-order valence-corrected chi connectivity index (χ1v) is 4.08. The molecule has 0 atom stereocenters. The monoisotopic (exact) mass is 189 g/mol. The third-order valence-electron chi connectivity index (χ3n) is 1.78. The Morgan fingerprint density at radius 1 is 1.21 bits per heavy atom. The molecule has 0 aliphatic heterocycles. The summed E-state index contributed by atoms with van der Waals surface area (Å²) in [5, 5.41) is 10.4. The molecule has 0 N–H and O–H groups in total. The number of rotatable bonds is 3. The average molecular weight is 189 g/mol. The van der Waals surface area contributed by atoms with E-state index >= 15 is 0 Å². The van der Waals surface area contributed by atoms with Gasteiger partial charge in [0.25, 0.3) is 0 Å². The van der Waals surface area contributed by atoms with Gasteiger partial charge in [-0.2, -0.15) is 0 Å². The lowest BCUT2D eigenvalue weighted by molar-refractivity contribution is -0.299. The minimum atomic E-state index is -1.19. The summed E-state index contributed by atoms with van der Waals surface area (Å²) >= 11 is 0. The summed E-state index contributed by atoms with van der Waals surface area (Å²) in [5.41, 5.74) is 1.45. The van der Waals surface area contributed by atoms with E-state index in [0.29, 0.717) is 5.56 Å². The van der Waals surface area contributed by atoms with E-state index in [4.69, 9.17) is 0 Å². The van der Waals surface area contributed by atoms with Crippen LogP contribution in [0.5, 0.6) is 0 Å². The average Bonchev–Trinajstić information content (AvgIpc) is 2.19. The third-order valence-corrected chi connectivity index (χ3v) is 1.78. The fraction of sp³-hybridized carbons (Fsp3) is 0.0909. The first kappa shape index (κ1) is 10.2. The summed E-state index contributed by atoms with van der Waals surface area (Å²) in [6.45, 7) is 1.46. The zero-order chi connectivity index (χ0) is 10.6. The molecule has 0 saturated heterocycles. The Morgan fingerprint density at radius 2 is 1.71 bits per heavy atom. The molecule has 0 radical (unpaired) electrons. The SMILES string of the molecule is C/C(=C\c1ccc(C=O)cc1)C(=O)[O-]. The van der Waals surface area contributed by atoms with Gasteiger partial charge < -0.3 is 9.90 Å². The number of aldehydes is 1. The molecule has 3 heteroatoms. The van der Waals surface area contributed by atoms with E-state index in [1.54, 1.807) is 24.3 Å². The topological polar surface area (TPSA) is 57.2 Å². The molecule has 0 aliphatic carbocycles. The fourth-order valence-corrected chi connectivity index (χ4v) is 0.980. The van der Waals surface area contributed by atoms with Crippen LogP contribution in [-0.2, 0) is 4.79 Å². The molecule has 0 bridgehead atoms. The highest BCUT2D eigenvalue weighted by Crippen LogP contribution is 2.07. The van der Waals surface area contributed by atoms with Gasteiger partial charge in [-0.15, -0.1) is 0 Å². The minimum Gasteiger partial charge on any atom is -0.545 e. The maximum Gasteiger partial charge on any atom is 0.150 e. The maximum absolute atomic E-state index is 10.4.